The molecule has 14 heteroatoms. The van der Waals surface area contributed by atoms with Gasteiger partial charge in [0.2, 0.25) is 0 Å². The Balaban J connectivity index is 0. The highest BCUT2D eigenvalue weighted by Crippen LogP contribution is 2.30. The van der Waals surface area contributed by atoms with Gasteiger partial charge in [0.1, 0.15) is 11.5 Å². The molecule has 4 rings (SSSR count). The topological polar surface area (TPSA) is 196 Å². The van der Waals surface area contributed by atoms with Crippen LogP contribution in [0.2, 0.25) is 0 Å². The fourth-order valence-corrected chi connectivity index (χ4v) is 2.17. The van der Waals surface area contributed by atoms with Crippen molar-refractivity contribution >= 4 is 28.9 Å². The van der Waals surface area contributed by atoms with Crippen LogP contribution in [0, 0.1) is 11.8 Å². The lowest BCUT2D eigenvalue weighted by Crippen LogP contribution is -2.04. The number of hydrogen-bond donors (Lipinski definition) is 6. The van der Waals surface area contributed by atoms with Gasteiger partial charge in [-0.25, -0.2) is 14.6 Å². The number of aromatic nitrogens is 3. The number of nitrogen functional groups attached to an aromatic ring is 1. The van der Waals surface area contributed by atoms with Crippen molar-refractivity contribution in [1.29, 1.82) is 0 Å². The molecule has 3 heterocycles. The molecule has 41 heavy (non-hydrogen) atoms. The lowest BCUT2D eigenvalue weighted by atomic mass is 10.2. The van der Waals surface area contributed by atoms with Gasteiger partial charge in [0.25, 0.3) is 0 Å². The van der Waals surface area contributed by atoms with Crippen LogP contribution in [0.3, 0.4) is 0 Å². The number of nitrogens with one attached hydrogen (secondary N) is 1. The second-order valence-corrected chi connectivity index (χ2v) is 9.09. The van der Waals surface area contributed by atoms with Crippen molar-refractivity contribution in [2.45, 2.75) is 47.7 Å². The number of aromatic amines is 1. The molecular formula is C27H37F3N4O7. The standard InChI is InChI=1S/C9H8N2.C8H5F3N2O.2C4H10.2CH2O3/c10-9-8-4-2-1-3-7(8)5-6-11-9;9-8(10,11)7-4-5(12-13-7)6-2-1-3-14-6;2*1-4(2)3;2*2-1(3)4/h1-6H,(H2,10,11);1-4H,(H,12,13);2*4H,1-3H3;2*(H2,2,3,4). The Morgan fingerprint density at radius 3 is 1.76 bits per heavy atom. The van der Waals surface area contributed by atoms with Gasteiger partial charge in [0.05, 0.1) is 6.26 Å². The molecule has 3 aromatic heterocycles. The average molecular weight is 587 g/mol. The smallest absolute Gasteiger partial charge is 0.463 e. The van der Waals surface area contributed by atoms with Crippen molar-refractivity contribution in [2.24, 2.45) is 11.8 Å². The summed E-state index contributed by atoms with van der Waals surface area (Å²) in [6.45, 7) is 13.0. The number of hydrogen-bond acceptors (Lipinski definition) is 6. The zero-order valence-corrected chi connectivity index (χ0v) is 23.5. The van der Waals surface area contributed by atoms with Gasteiger partial charge in [0.15, 0.2) is 11.5 Å². The van der Waals surface area contributed by atoms with Crippen molar-refractivity contribution in [3.63, 3.8) is 0 Å². The van der Waals surface area contributed by atoms with E-state index in [9.17, 15) is 13.2 Å². The number of furan rings is 1. The maximum Gasteiger partial charge on any atom is 0.503 e. The molecule has 1 aromatic carbocycles. The van der Waals surface area contributed by atoms with E-state index in [1.54, 1.807) is 18.3 Å². The summed E-state index contributed by atoms with van der Waals surface area (Å²) in [6.07, 6.45) is -5.00. The number of anilines is 1. The van der Waals surface area contributed by atoms with E-state index >= 15 is 0 Å². The lowest BCUT2D eigenvalue weighted by Gasteiger charge is -1.98. The number of nitrogens with zero attached hydrogens (tertiary/aromatic N) is 2. The minimum atomic E-state index is -4.43. The van der Waals surface area contributed by atoms with Crippen LogP contribution in [0.25, 0.3) is 22.2 Å². The van der Waals surface area contributed by atoms with Crippen LogP contribution in [0.4, 0.5) is 28.6 Å². The third-order valence-electron chi connectivity index (χ3n) is 3.36. The summed E-state index contributed by atoms with van der Waals surface area (Å²) in [5, 5.41) is 35.4. The second-order valence-electron chi connectivity index (χ2n) is 9.09. The fraction of sp³-hybridized carbons (Fsp3) is 0.333. The van der Waals surface area contributed by atoms with E-state index in [-0.39, 0.29) is 5.69 Å². The maximum absolute atomic E-state index is 12.1. The minimum Gasteiger partial charge on any atom is -0.463 e. The van der Waals surface area contributed by atoms with E-state index in [0.717, 1.165) is 28.7 Å². The molecule has 0 atom stereocenters. The Kier molecular flexibility index (Phi) is 18.9. The number of H-pyrrole nitrogens is 1. The van der Waals surface area contributed by atoms with Crippen molar-refractivity contribution in [2.75, 3.05) is 5.73 Å². The molecule has 0 amide bonds. The number of carboxylic acid groups (broad SMARTS) is 4. The molecular weight excluding hydrogens is 549 g/mol. The monoisotopic (exact) mass is 586 g/mol. The number of fused-ring (bicyclic) bond motifs is 1. The molecule has 0 aliphatic carbocycles. The van der Waals surface area contributed by atoms with Crippen LogP contribution in [-0.4, -0.2) is 47.9 Å². The van der Waals surface area contributed by atoms with Gasteiger partial charge in [-0.3, -0.25) is 5.10 Å². The Morgan fingerprint density at radius 1 is 0.878 bits per heavy atom. The Labute approximate surface area is 235 Å². The van der Waals surface area contributed by atoms with Gasteiger partial charge >= 0.3 is 18.5 Å². The number of rotatable bonds is 1. The predicted molar refractivity (Wildman–Crippen MR) is 150 cm³/mol. The molecule has 0 saturated heterocycles. The van der Waals surface area contributed by atoms with E-state index in [1.807, 2.05) is 30.3 Å². The summed E-state index contributed by atoms with van der Waals surface area (Å²) in [4.78, 5) is 21.1. The van der Waals surface area contributed by atoms with Crippen molar-refractivity contribution < 1.29 is 47.6 Å². The predicted octanol–water partition coefficient (Wildman–Crippen LogP) is 8.27. The molecule has 0 bridgehead atoms. The van der Waals surface area contributed by atoms with Crippen LogP contribution in [0.5, 0.6) is 0 Å². The van der Waals surface area contributed by atoms with E-state index in [4.69, 9.17) is 40.2 Å². The van der Waals surface area contributed by atoms with Gasteiger partial charge in [-0.05, 0) is 41.5 Å². The summed E-state index contributed by atoms with van der Waals surface area (Å²) in [6, 6.07) is 13.9. The molecule has 0 fully saturated rings. The van der Waals surface area contributed by atoms with Crippen LogP contribution in [-0.2, 0) is 6.18 Å². The number of alkyl halides is 3. The Morgan fingerprint density at radius 2 is 1.37 bits per heavy atom. The van der Waals surface area contributed by atoms with E-state index < -0.39 is 24.2 Å². The highest BCUT2D eigenvalue weighted by Gasteiger charge is 2.34. The molecule has 11 nitrogen and oxygen atoms in total. The van der Waals surface area contributed by atoms with Crippen molar-refractivity contribution in [1.82, 2.24) is 15.2 Å². The molecule has 0 aliphatic heterocycles. The lowest BCUT2D eigenvalue weighted by molar-refractivity contribution is -0.141. The zero-order chi connectivity index (χ0) is 32.2. The van der Waals surface area contributed by atoms with Gasteiger partial charge in [-0.1, -0.05) is 65.8 Å². The van der Waals surface area contributed by atoms with Crippen LogP contribution < -0.4 is 5.73 Å². The maximum atomic E-state index is 12.1. The summed E-state index contributed by atoms with van der Waals surface area (Å²) in [5.41, 5.74) is 4.90. The SMILES string of the molecule is CC(C)C.CC(C)C.FC(F)(F)c1cc(-c2ccco2)[nH]n1.Nc1nccc2ccccc12.O=C(O)O.O=C(O)O. The first-order valence-corrected chi connectivity index (χ1v) is 12.0. The quantitative estimate of drug-likeness (QED) is 0.126. The molecule has 4 aromatic rings. The first-order chi connectivity index (χ1) is 18.9. The first-order valence-electron chi connectivity index (χ1n) is 12.0. The molecule has 0 saturated carbocycles. The first kappa shape index (κ1) is 38.4. The largest absolute Gasteiger partial charge is 0.503 e. The average Bonchev–Trinajstić information content (AvgIpc) is 3.51. The summed E-state index contributed by atoms with van der Waals surface area (Å²) in [7, 11) is 0. The number of pyridine rings is 1. The third-order valence-corrected chi connectivity index (χ3v) is 3.36. The highest BCUT2D eigenvalue weighted by molar-refractivity contribution is 5.90. The number of halogens is 3. The zero-order valence-electron chi connectivity index (χ0n) is 23.5. The van der Waals surface area contributed by atoms with E-state index in [1.165, 1.54) is 6.26 Å². The van der Waals surface area contributed by atoms with Crippen LogP contribution in [0.1, 0.15) is 47.2 Å². The molecule has 0 aliphatic rings. The third kappa shape index (κ3) is 21.8. The van der Waals surface area contributed by atoms with E-state index in [0.29, 0.717) is 11.6 Å². The van der Waals surface area contributed by atoms with Gasteiger partial charge < -0.3 is 30.6 Å². The summed E-state index contributed by atoms with van der Waals surface area (Å²) in [5.74, 6) is 2.59. The molecule has 228 valence electrons. The summed E-state index contributed by atoms with van der Waals surface area (Å²) >= 11 is 0. The van der Waals surface area contributed by atoms with Gasteiger partial charge in [0, 0.05) is 11.6 Å². The summed E-state index contributed by atoms with van der Waals surface area (Å²) < 4.78 is 41.3. The number of benzene rings is 1. The normalized spacial score (nSPS) is 9.73. The highest BCUT2D eigenvalue weighted by atomic mass is 19.4. The van der Waals surface area contributed by atoms with Crippen LogP contribution in [0.15, 0.2) is 65.4 Å². The Hall–Kier alpha value is -4.75. The minimum absolute atomic E-state index is 0.210. The number of carbonyl (C=O) groups is 2. The van der Waals surface area contributed by atoms with Crippen LogP contribution >= 0.6 is 0 Å². The Bertz CT molecular complexity index is 1220. The van der Waals surface area contributed by atoms with Gasteiger partial charge in [-0.2, -0.15) is 18.3 Å². The van der Waals surface area contributed by atoms with E-state index in [2.05, 4.69) is 56.7 Å². The second kappa shape index (κ2) is 20.2. The van der Waals surface area contributed by atoms with Crippen molar-refractivity contribution in [3.05, 3.63) is 66.7 Å². The fourth-order valence-electron chi connectivity index (χ4n) is 2.17. The van der Waals surface area contributed by atoms with Gasteiger partial charge in [-0.15, -0.1) is 0 Å². The molecule has 0 radical (unpaired) electrons. The number of nitrogens with two attached hydrogens (primary N) is 1. The molecule has 0 spiro atoms. The molecule has 7 N–H and O–H groups in total. The van der Waals surface area contributed by atoms with Crippen molar-refractivity contribution in [3.8, 4) is 11.5 Å². The molecule has 0 unspecified atom stereocenters.